The minimum atomic E-state index is -0.522. The van der Waals surface area contributed by atoms with Crippen LogP contribution in [0.2, 0.25) is 5.02 Å². The Balaban J connectivity index is 1.62. The number of nitrogens with zero attached hydrogens (tertiary/aromatic N) is 3. The Morgan fingerprint density at radius 1 is 1.13 bits per heavy atom. The Hall–Kier alpha value is -3.17. The number of nitrogens with one attached hydrogen (secondary N) is 2. The maximum Gasteiger partial charge on any atom is 0.270 e. The number of hydrogen-bond donors (Lipinski definition) is 2. The Morgan fingerprint density at radius 3 is 2.47 bits per heavy atom. The smallest absolute Gasteiger partial charge is 0.270 e. The van der Waals surface area contributed by atoms with Gasteiger partial charge in [-0.2, -0.15) is 0 Å². The first-order valence-electron chi connectivity index (χ1n) is 9.41. The monoisotopic (exact) mass is 431 g/mol. The molecule has 0 saturated carbocycles. The molecule has 2 aromatic carbocycles. The van der Waals surface area contributed by atoms with Gasteiger partial charge in [-0.15, -0.1) is 0 Å². The van der Waals surface area contributed by atoms with E-state index in [-0.39, 0.29) is 29.6 Å². The molecule has 2 N–H and O–H groups in total. The van der Waals surface area contributed by atoms with Crippen molar-refractivity contribution in [2.24, 2.45) is 0 Å². The van der Waals surface area contributed by atoms with Crippen molar-refractivity contribution in [1.82, 2.24) is 10.2 Å². The minimum Gasteiger partial charge on any atom is -0.368 e. The zero-order valence-electron chi connectivity index (χ0n) is 16.4. The molecule has 1 aliphatic rings. The predicted octanol–water partition coefficient (Wildman–Crippen LogP) is 2.37. The number of amides is 2. The number of rotatable bonds is 6. The summed E-state index contributed by atoms with van der Waals surface area (Å²) in [5.74, 6) is -0.534. The molecule has 30 heavy (non-hydrogen) atoms. The van der Waals surface area contributed by atoms with E-state index in [0.29, 0.717) is 42.6 Å². The fraction of sp³-hybridized carbons (Fsp3) is 0.300. The molecule has 1 heterocycles. The van der Waals surface area contributed by atoms with E-state index in [1.807, 2.05) is 9.80 Å². The van der Waals surface area contributed by atoms with Gasteiger partial charge in [0.25, 0.3) is 11.6 Å². The Kier molecular flexibility index (Phi) is 6.86. The first-order valence-corrected chi connectivity index (χ1v) is 9.79. The topological polar surface area (TPSA) is 108 Å². The molecule has 1 fully saturated rings. The standard InChI is InChI=1S/C20H22ClN5O4/c1-22-20(28)15-12-14(26(29)30)6-7-18(15)25-10-8-24(9-11-25)13-19(27)23-17-5-3-2-4-16(17)21/h2-7,12H,8-11,13H2,1H3,(H,22,28)(H,23,27). The van der Waals surface area contributed by atoms with Gasteiger partial charge in [-0.05, 0) is 18.2 Å². The molecule has 0 radical (unpaired) electrons. The Bertz CT molecular complexity index is 960. The summed E-state index contributed by atoms with van der Waals surface area (Å²) in [5, 5.41) is 16.9. The van der Waals surface area contributed by atoms with Gasteiger partial charge >= 0.3 is 0 Å². The van der Waals surface area contributed by atoms with Crippen LogP contribution in [0, 0.1) is 10.1 Å². The van der Waals surface area contributed by atoms with Crippen molar-refractivity contribution < 1.29 is 14.5 Å². The number of halogens is 1. The molecule has 0 atom stereocenters. The maximum absolute atomic E-state index is 12.3. The molecule has 1 saturated heterocycles. The van der Waals surface area contributed by atoms with Crippen LogP contribution in [-0.2, 0) is 4.79 Å². The number of para-hydroxylation sites is 1. The highest BCUT2D eigenvalue weighted by Crippen LogP contribution is 2.27. The summed E-state index contributed by atoms with van der Waals surface area (Å²) in [4.78, 5) is 39.1. The van der Waals surface area contributed by atoms with Gasteiger partial charge in [-0.1, -0.05) is 23.7 Å². The van der Waals surface area contributed by atoms with Crippen LogP contribution in [0.15, 0.2) is 42.5 Å². The number of nitro groups is 1. The van der Waals surface area contributed by atoms with Crippen molar-refractivity contribution in [2.45, 2.75) is 0 Å². The van der Waals surface area contributed by atoms with Crippen molar-refractivity contribution in [3.05, 3.63) is 63.2 Å². The number of benzene rings is 2. The third-order valence-corrected chi connectivity index (χ3v) is 5.22. The number of nitro benzene ring substituents is 1. The SMILES string of the molecule is CNC(=O)c1cc([N+](=O)[O-])ccc1N1CCN(CC(=O)Nc2ccccc2Cl)CC1. The summed E-state index contributed by atoms with van der Waals surface area (Å²) >= 11 is 6.07. The summed E-state index contributed by atoms with van der Waals surface area (Å²) in [6.45, 7) is 2.62. The van der Waals surface area contributed by atoms with Crippen LogP contribution in [0.25, 0.3) is 0 Å². The number of anilines is 2. The number of non-ortho nitro benzene ring substituents is 1. The second-order valence-electron chi connectivity index (χ2n) is 6.83. The average Bonchev–Trinajstić information content (AvgIpc) is 2.75. The van der Waals surface area contributed by atoms with Crippen LogP contribution in [0.5, 0.6) is 0 Å². The van der Waals surface area contributed by atoms with E-state index in [4.69, 9.17) is 11.6 Å². The largest absolute Gasteiger partial charge is 0.368 e. The van der Waals surface area contributed by atoms with E-state index in [9.17, 15) is 19.7 Å². The number of hydrogen-bond acceptors (Lipinski definition) is 6. The fourth-order valence-corrected chi connectivity index (χ4v) is 3.52. The van der Waals surface area contributed by atoms with Gasteiger partial charge in [0.2, 0.25) is 5.91 Å². The summed E-state index contributed by atoms with van der Waals surface area (Å²) in [6, 6.07) is 11.3. The molecule has 3 rings (SSSR count). The van der Waals surface area contributed by atoms with Gasteiger partial charge in [-0.25, -0.2) is 0 Å². The Morgan fingerprint density at radius 2 is 1.83 bits per heavy atom. The number of carbonyl (C=O) groups is 2. The molecule has 0 spiro atoms. The minimum absolute atomic E-state index is 0.132. The third-order valence-electron chi connectivity index (χ3n) is 4.89. The lowest BCUT2D eigenvalue weighted by Gasteiger charge is -2.36. The molecule has 0 aliphatic carbocycles. The molecular weight excluding hydrogens is 410 g/mol. The van der Waals surface area contributed by atoms with Crippen molar-refractivity contribution in [3.8, 4) is 0 Å². The van der Waals surface area contributed by atoms with Crippen molar-refractivity contribution in [2.75, 3.05) is 50.0 Å². The van der Waals surface area contributed by atoms with Gasteiger partial charge in [0, 0.05) is 45.4 Å². The quantitative estimate of drug-likeness (QED) is 0.537. The van der Waals surface area contributed by atoms with Gasteiger partial charge in [0.05, 0.1) is 33.4 Å². The van der Waals surface area contributed by atoms with Gasteiger partial charge < -0.3 is 15.5 Å². The van der Waals surface area contributed by atoms with Crippen LogP contribution in [0.1, 0.15) is 10.4 Å². The summed E-state index contributed by atoms with van der Waals surface area (Å²) in [7, 11) is 1.49. The molecule has 10 heteroatoms. The van der Waals surface area contributed by atoms with E-state index in [0.717, 1.165) is 0 Å². The van der Waals surface area contributed by atoms with Crippen LogP contribution >= 0.6 is 11.6 Å². The van der Waals surface area contributed by atoms with Gasteiger partial charge in [0.15, 0.2) is 0 Å². The molecule has 0 unspecified atom stereocenters. The highest BCUT2D eigenvalue weighted by molar-refractivity contribution is 6.33. The summed E-state index contributed by atoms with van der Waals surface area (Å²) in [5.41, 5.74) is 1.34. The first kappa shape index (κ1) is 21.5. The maximum atomic E-state index is 12.3. The lowest BCUT2D eigenvalue weighted by Crippen LogP contribution is -2.49. The lowest BCUT2D eigenvalue weighted by molar-refractivity contribution is -0.384. The molecular formula is C20H22ClN5O4. The second kappa shape index (κ2) is 9.55. The summed E-state index contributed by atoms with van der Waals surface area (Å²) in [6.07, 6.45) is 0. The van der Waals surface area contributed by atoms with Gasteiger partial charge in [-0.3, -0.25) is 24.6 Å². The van der Waals surface area contributed by atoms with Crippen molar-refractivity contribution >= 4 is 40.5 Å². The van der Waals surface area contributed by atoms with Crippen LogP contribution in [0.4, 0.5) is 17.1 Å². The Labute approximate surface area is 178 Å². The van der Waals surface area contributed by atoms with Crippen molar-refractivity contribution in [3.63, 3.8) is 0 Å². The molecule has 0 aromatic heterocycles. The molecule has 2 amide bonds. The van der Waals surface area contributed by atoms with Crippen LogP contribution < -0.4 is 15.5 Å². The second-order valence-corrected chi connectivity index (χ2v) is 7.24. The van der Waals surface area contributed by atoms with Crippen molar-refractivity contribution in [1.29, 1.82) is 0 Å². The predicted molar refractivity (Wildman–Crippen MR) is 115 cm³/mol. The van der Waals surface area contributed by atoms with Crippen LogP contribution in [-0.4, -0.2) is 61.4 Å². The number of carbonyl (C=O) groups excluding carboxylic acids is 2. The normalized spacial score (nSPS) is 14.3. The third kappa shape index (κ3) is 5.05. The molecule has 9 nitrogen and oxygen atoms in total. The molecule has 1 aliphatic heterocycles. The van der Waals surface area contributed by atoms with Gasteiger partial charge in [0.1, 0.15) is 0 Å². The molecule has 2 aromatic rings. The lowest BCUT2D eigenvalue weighted by atomic mass is 10.1. The van der Waals surface area contributed by atoms with E-state index < -0.39 is 4.92 Å². The van der Waals surface area contributed by atoms with E-state index in [1.165, 1.54) is 19.2 Å². The summed E-state index contributed by atoms with van der Waals surface area (Å²) < 4.78 is 0. The number of piperazine rings is 1. The van der Waals surface area contributed by atoms with Crippen LogP contribution in [0.3, 0.4) is 0 Å². The average molecular weight is 432 g/mol. The van der Waals surface area contributed by atoms with E-state index in [1.54, 1.807) is 30.3 Å². The van der Waals surface area contributed by atoms with E-state index >= 15 is 0 Å². The highest BCUT2D eigenvalue weighted by atomic mass is 35.5. The fourth-order valence-electron chi connectivity index (χ4n) is 3.33. The highest BCUT2D eigenvalue weighted by Gasteiger charge is 2.24. The first-order chi connectivity index (χ1) is 14.4. The molecule has 158 valence electrons. The van der Waals surface area contributed by atoms with E-state index in [2.05, 4.69) is 10.6 Å². The zero-order chi connectivity index (χ0) is 21.7. The zero-order valence-corrected chi connectivity index (χ0v) is 17.2. The molecule has 0 bridgehead atoms.